The molecule has 2 amide bonds. The van der Waals surface area contributed by atoms with Crippen LogP contribution < -0.4 is 5.32 Å². The lowest BCUT2D eigenvalue weighted by Gasteiger charge is -2.47. The van der Waals surface area contributed by atoms with E-state index in [4.69, 9.17) is 5.11 Å². The number of amides is 2. The zero-order chi connectivity index (χ0) is 14.1. The van der Waals surface area contributed by atoms with E-state index < -0.39 is 5.97 Å². The average molecular weight is 280 g/mol. The van der Waals surface area contributed by atoms with E-state index in [0.29, 0.717) is 12.8 Å². The molecule has 0 aromatic heterocycles. The van der Waals surface area contributed by atoms with Gasteiger partial charge >= 0.3 is 12.0 Å². The van der Waals surface area contributed by atoms with Crippen LogP contribution in [0.15, 0.2) is 0 Å². The summed E-state index contributed by atoms with van der Waals surface area (Å²) in [6.07, 6.45) is 7.01. The van der Waals surface area contributed by atoms with E-state index in [-0.39, 0.29) is 18.0 Å². The average Bonchev–Trinajstić information content (AvgIpc) is 2.31. The lowest BCUT2D eigenvalue weighted by atomic mass is 9.73. The summed E-state index contributed by atoms with van der Waals surface area (Å²) in [7, 11) is 0. The predicted molar refractivity (Wildman–Crippen MR) is 74.3 cm³/mol. The molecule has 0 radical (unpaired) electrons. The molecule has 1 saturated heterocycles. The number of nitrogens with zero attached hydrogens (tertiary/aromatic N) is 1. The molecule has 2 N–H and O–H groups in total. The molecule has 3 fully saturated rings. The van der Waals surface area contributed by atoms with Crippen molar-refractivity contribution in [3.8, 4) is 0 Å². The molecule has 3 rings (SSSR count). The highest BCUT2D eigenvalue weighted by Crippen LogP contribution is 2.38. The van der Waals surface area contributed by atoms with E-state index in [9.17, 15) is 9.59 Å². The third-order valence-electron chi connectivity index (χ3n) is 5.42. The molecule has 112 valence electrons. The number of carbonyl (C=O) groups excluding carboxylic acids is 1. The largest absolute Gasteiger partial charge is 0.481 e. The summed E-state index contributed by atoms with van der Waals surface area (Å²) < 4.78 is 0. The number of rotatable bonds is 3. The second-order valence-electron chi connectivity index (χ2n) is 6.69. The van der Waals surface area contributed by atoms with Crippen molar-refractivity contribution in [2.45, 2.75) is 51.0 Å². The van der Waals surface area contributed by atoms with Gasteiger partial charge in [0.05, 0.1) is 5.92 Å². The SMILES string of the molecule is O=C(O)C1CCC(NC(=O)N2CC(C3CCC3)C2)CC1. The van der Waals surface area contributed by atoms with Crippen LogP contribution in [0.25, 0.3) is 0 Å². The molecule has 1 aliphatic heterocycles. The Balaban J connectivity index is 1.36. The molecule has 0 unspecified atom stereocenters. The number of carboxylic acids is 1. The Hall–Kier alpha value is -1.26. The van der Waals surface area contributed by atoms with E-state index in [1.54, 1.807) is 0 Å². The van der Waals surface area contributed by atoms with E-state index >= 15 is 0 Å². The molecule has 0 spiro atoms. The maximum atomic E-state index is 12.1. The predicted octanol–water partition coefficient (Wildman–Crippen LogP) is 2.07. The summed E-state index contributed by atoms with van der Waals surface area (Å²) in [6, 6.07) is 0.222. The van der Waals surface area contributed by atoms with Crippen molar-refractivity contribution in [2.75, 3.05) is 13.1 Å². The Morgan fingerprint density at radius 2 is 1.60 bits per heavy atom. The Bertz CT molecular complexity index is 381. The van der Waals surface area contributed by atoms with Crippen molar-refractivity contribution in [3.05, 3.63) is 0 Å². The first kappa shape index (κ1) is 13.7. The lowest BCUT2D eigenvalue weighted by molar-refractivity contribution is -0.142. The van der Waals surface area contributed by atoms with E-state index in [0.717, 1.165) is 37.8 Å². The van der Waals surface area contributed by atoms with Gasteiger partial charge in [-0.1, -0.05) is 19.3 Å². The number of hydrogen-bond donors (Lipinski definition) is 2. The third kappa shape index (κ3) is 2.76. The molecule has 3 aliphatic rings. The zero-order valence-electron chi connectivity index (χ0n) is 11.9. The van der Waals surface area contributed by atoms with Crippen LogP contribution >= 0.6 is 0 Å². The van der Waals surface area contributed by atoms with Crippen molar-refractivity contribution in [2.24, 2.45) is 17.8 Å². The highest BCUT2D eigenvalue weighted by Gasteiger charge is 2.39. The molecule has 0 aromatic carbocycles. The van der Waals surface area contributed by atoms with Crippen molar-refractivity contribution < 1.29 is 14.7 Å². The van der Waals surface area contributed by atoms with Crippen molar-refractivity contribution in [1.29, 1.82) is 0 Å². The van der Waals surface area contributed by atoms with Crippen molar-refractivity contribution >= 4 is 12.0 Å². The smallest absolute Gasteiger partial charge is 0.317 e. The number of nitrogens with one attached hydrogen (secondary N) is 1. The van der Waals surface area contributed by atoms with Crippen LogP contribution in [-0.2, 0) is 4.79 Å². The standard InChI is InChI=1S/C15H24N2O3/c18-14(19)11-4-6-13(7-5-11)16-15(20)17-8-12(9-17)10-2-1-3-10/h10-13H,1-9H2,(H,16,20)(H,18,19). The van der Waals surface area contributed by atoms with Gasteiger partial charge in [0.2, 0.25) is 0 Å². The van der Waals surface area contributed by atoms with Gasteiger partial charge < -0.3 is 15.3 Å². The monoisotopic (exact) mass is 280 g/mol. The Labute approximate surface area is 119 Å². The number of hydrogen-bond acceptors (Lipinski definition) is 2. The molecule has 0 atom stereocenters. The van der Waals surface area contributed by atoms with Crippen LogP contribution in [-0.4, -0.2) is 41.1 Å². The topological polar surface area (TPSA) is 69.6 Å². The first-order valence-corrected chi connectivity index (χ1v) is 7.91. The Morgan fingerprint density at radius 3 is 2.10 bits per heavy atom. The van der Waals surface area contributed by atoms with Crippen molar-refractivity contribution in [1.82, 2.24) is 10.2 Å². The Kier molecular flexibility index (Phi) is 3.85. The molecular weight excluding hydrogens is 256 g/mol. The molecule has 0 aromatic rings. The maximum Gasteiger partial charge on any atom is 0.317 e. The minimum atomic E-state index is -0.694. The number of carboxylic acid groups (broad SMARTS) is 1. The second-order valence-corrected chi connectivity index (χ2v) is 6.69. The summed E-state index contributed by atoms with van der Waals surface area (Å²) in [5, 5.41) is 12.0. The fourth-order valence-corrected chi connectivity index (χ4v) is 3.64. The molecule has 5 heteroatoms. The van der Waals surface area contributed by atoms with Crippen molar-refractivity contribution in [3.63, 3.8) is 0 Å². The molecule has 2 aliphatic carbocycles. The van der Waals surface area contributed by atoms with Gasteiger partial charge in [-0.2, -0.15) is 0 Å². The van der Waals surface area contributed by atoms with Gasteiger partial charge in [0, 0.05) is 19.1 Å². The second kappa shape index (κ2) is 5.62. The van der Waals surface area contributed by atoms with Gasteiger partial charge in [0.1, 0.15) is 0 Å². The van der Waals surface area contributed by atoms with E-state index in [2.05, 4.69) is 5.32 Å². The zero-order valence-corrected chi connectivity index (χ0v) is 11.9. The minimum Gasteiger partial charge on any atom is -0.481 e. The van der Waals surface area contributed by atoms with Gasteiger partial charge in [-0.3, -0.25) is 4.79 Å². The van der Waals surface area contributed by atoms with Crippen LogP contribution in [0.3, 0.4) is 0 Å². The highest BCUT2D eigenvalue weighted by atomic mass is 16.4. The summed E-state index contributed by atoms with van der Waals surface area (Å²) >= 11 is 0. The molecular formula is C15H24N2O3. The molecule has 2 saturated carbocycles. The number of aliphatic carboxylic acids is 1. The fraction of sp³-hybridized carbons (Fsp3) is 0.867. The summed E-state index contributed by atoms with van der Waals surface area (Å²) in [6.45, 7) is 1.84. The number of carbonyl (C=O) groups is 2. The molecule has 1 heterocycles. The van der Waals surface area contributed by atoms with Gasteiger partial charge in [0.15, 0.2) is 0 Å². The van der Waals surface area contributed by atoms with Gasteiger partial charge in [-0.25, -0.2) is 4.79 Å². The lowest BCUT2D eigenvalue weighted by Crippen LogP contribution is -2.58. The molecule has 0 bridgehead atoms. The summed E-state index contributed by atoms with van der Waals surface area (Å²) in [5.74, 6) is 0.693. The summed E-state index contributed by atoms with van der Waals surface area (Å²) in [5.41, 5.74) is 0. The maximum absolute atomic E-state index is 12.1. The minimum absolute atomic E-state index is 0.0550. The highest BCUT2D eigenvalue weighted by molar-refractivity contribution is 5.75. The molecule has 20 heavy (non-hydrogen) atoms. The van der Waals surface area contributed by atoms with Gasteiger partial charge in [0.25, 0.3) is 0 Å². The van der Waals surface area contributed by atoms with Crippen LogP contribution in [0.5, 0.6) is 0 Å². The van der Waals surface area contributed by atoms with Gasteiger partial charge in [-0.05, 0) is 37.5 Å². The summed E-state index contributed by atoms with van der Waals surface area (Å²) in [4.78, 5) is 24.9. The number of urea groups is 1. The van der Waals surface area contributed by atoms with Crippen LogP contribution in [0, 0.1) is 17.8 Å². The van der Waals surface area contributed by atoms with Crippen LogP contribution in [0.1, 0.15) is 44.9 Å². The first-order valence-electron chi connectivity index (χ1n) is 7.91. The normalized spacial score (nSPS) is 31.3. The van der Waals surface area contributed by atoms with Gasteiger partial charge in [-0.15, -0.1) is 0 Å². The van der Waals surface area contributed by atoms with Crippen LogP contribution in [0.2, 0.25) is 0 Å². The fourth-order valence-electron chi connectivity index (χ4n) is 3.64. The molecule has 5 nitrogen and oxygen atoms in total. The number of likely N-dealkylation sites (tertiary alicyclic amines) is 1. The first-order chi connectivity index (χ1) is 9.63. The van der Waals surface area contributed by atoms with E-state index in [1.807, 2.05) is 4.90 Å². The van der Waals surface area contributed by atoms with Crippen LogP contribution in [0.4, 0.5) is 4.79 Å². The quantitative estimate of drug-likeness (QED) is 0.831. The Morgan fingerprint density at radius 1 is 0.950 bits per heavy atom. The third-order valence-corrected chi connectivity index (χ3v) is 5.42. The van der Waals surface area contributed by atoms with E-state index in [1.165, 1.54) is 19.3 Å².